The molecule has 0 saturated carbocycles. The lowest BCUT2D eigenvalue weighted by molar-refractivity contribution is 0.658. The molecule has 2 heteroatoms. The van der Waals surface area contributed by atoms with Crippen LogP contribution >= 0.6 is 0 Å². The van der Waals surface area contributed by atoms with Gasteiger partial charge in [-0.05, 0) is 24.3 Å². The Morgan fingerprint density at radius 2 is 1.54 bits per heavy atom. The first-order valence-corrected chi connectivity index (χ1v) is 4.89. The van der Waals surface area contributed by atoms with Crippen molar-refractivity contribution in [2.45, 2.75) is 34.6 Å². The Balaban J connectivity index is 5.14. The maximum atomic E-state index is 7.71. The molecule has 0 radical (unpaired) electrons. The predicted octanol–water partition coefficient (Wildman–Crippen LogP) is 2.81. The second-order valence-corrected chi connectivity index (χ2v) is 4.01. The number of allylic oxidation sites excluding steroid dienone is 2. The van der Waals surface area contributed by atoms with Gasteiger partial charge < -0.3 is 10.7 Å². The quantitative estimate of drug-likeness (QED) is 0.644. The molecule has 0 aliphatic rings. The highest BCUT2D eigenvalue weighted by Crippen LogP contribution is 2.19. The fourth-order valence-corrected chi connectivity index (χ4v) is 1.68. The summed E-state index contributed by atoms with van der Waals surface area (Å²) in [5.41, 5.74) is 3.02. The summed E-state index contributed by atoms with van der Waals surface area (Å²) in [5, 5.41) is 10.9. The first-order chi connectivity index (χ1) is 5.91. The van der Waals surface area contributed by atoms with E-state index in [9.17, 15) is 0 Å². The lowest BCUT2D eigenvalue weighted by Gasteiger charge is -2.20. The Morgan fingerprint density at radius 1 is 1.08 bits per heavy atom. The van der Waals surface area contributed by atoms with E-state index in [-0.39, 0.29) is 0 Å². The molecule has 0 fully saturated rings. The topological polar surface area (TPSA) is 35.9 Å². The molecule has 0 aromatic carbocycles. The van der Waals surface area contributed by atoms with Crippen LogP contribution < -0.4 is 5.32 Å². The fourth-order valence-electron chi connectivity index (χ4n) is 1.68. The van der Waals surface area contributed by atoms with Crippen LogP contribution in [0.15, 0.2) is 11.3 Å². The minimum Gasteiger partial charge on any atom is -0.391 e. The fraction of sp³-hybridized carbons (Fsp3) is 0.727. The summed E-state index contributed by atoms with van der Waals surface area (Å²) in [6.45, 7) is 10.4. The predicted molar refractivity (Wildman–Crippen MR) is 59.2 cm³/mol. The van der Waals surface area contributed by atoms with Crippen LogP contribution in [0.3, 0.4) is 0 Å². The van der Waals surface area contributed by atoms with Crippen LogP contribution in [0.2, 0.25) is 0 Å². The Labute approximate surface area is 81.9 Å². The summed E-state index contributed by atoms with van der Waals surface area (Å²) in [7, 11) is 1.93. The summed E-state index contributed by atoms with van der Waals surface area (Å²) in [6, 6.07) is 0. The summed E-state index contributed by atoms with van der Waals surface area (Å²) in [6.07, 6.45) is 0. The summed E-state index contributed by atoms with van der Waals surface area (Å²) in [4.78, 5) is 0. The number of hydrogen-bond acceptors (Lipinski definition) is 2. The summed E-state index contributed by atoms with van der Waals surface area (Å²) < 4.78 is 0. The van der Waals surface area contributed by atoms with Crippen LogP contribution in [0, 0.1) is 17.2 Å². The van der Waals surface area contributed by atoms with Crippen LogP contribution in [-0.4, -0.2) is 12.8 Å². The molecule has 0 aromatic heterocycles. The van der Waals surface area contributed by atoms with Gasteiger partial charge in [0.1, 0.15) is 0 Å². The van der Waals surface area contributed by atoms with Crippen LogP contribution in [0.5, 0.6) is 0 Å². The van der Waals surface area contributed by atoms with Gasteiger partial charge >= 0.3 is 0 Å². The second kappa shape index (κ2) is 5.05. The molecule has 2 N–H and O–H groups in total. The Bertz CT molecular complexity index is 212. The van der Waals surface area contributed by atoms with Gasteiger partial charge in [-0.15, -0.1) is 0 Å². The zero-order chi connectivity index (χ0) is 10.6. The van der Waals surface area contributed by atoms with Crippen molar-refractivity contribution in [3.63, 3.8) is 0 Å². The Kier molecular flexibility index (Phi) is 4.74. The highest BCUT2D eigenvalue weighted by molar-refractivity contribution is 5.96. The third kappa shape index (κ3) is 3.21. The van der Waals surface area contributed by atoms with Crippen molar-refractivity contribution >= 4 is 5.71 Å². The first kappa shape index (κ1) is 12.2. The zero-order valence-electron chi connectivity index (χ0n) is 9.65. The highest BCUT2D eigenvalue weighted by Gasteiger charge is 2.14. The smallest absolute Gasteiger partial charge is 0.0334 e. The van der Waals surface area contributed by atoms with E-state index in [0.29, 0.717) is 17.5 Å². The van der Waals surface area contributed by atoms with Crippen molar-refractivity contribution in [1.82, 2.24) is 5.32 Å². The maximum absolute atomic E-state index is 7.71. The van der Waals surface area contributed by atoms with E-state index in [1.807, 2.05) is 14.0 Å². The average molecular weight is 182 g/mol. The molecule has 0 unspecified atom stereocenters. The van der Waals surface area contributed by atoms with Gasteiger partial charge in [0.15, 0.2) is 0 Å². The van der Waals surface area contributed by atoms with E-state index in [1.165, 1.54) is 5.70 Å². The summed E-state index contributed by atoms with van der Waals surface area (Å²) in [5.74, 6) is 0.880. The molecule has 13 heavy (non-hydrogen) atoms. The molecule has 0 spiro atoms. The van der Waals surface area contributed by atoms with Gasteiger partial charge in [-0.25, -0.2) is 0 Å². The van der Waals surface area contributed by atoms with Gasteiger partial charge in [0.25, 0.3) is 0 Å². The van der Waals surface area contributed by atoms with Crippen molar-refractivity contribution in [1.29, 1.82) is 5.41 Å². The molecule has 0 atom stereocenters. The normalized spacial score (nSPS) is 13.2. The largest absolute Gasteiger partial charge is 0.391 e. The number of rotatable bonds is 4. The second-order valence-electron chi connectivity index (χ2n) is 4.01. The molecule has 0 aromatic rings. The van der Waals surface area contributed by atoms with Gasteiger partial charge in [-0.2, -0.15) is 0 Å². The minimum absolute atomic E-state index is 0.419. The van der Waals surface area contributed by atoms with E-state index in [4.69, 9.17) is 5.41 Å². The molecule has 0 saturated heterocycles. The molecule has 76 valence electrons. The van der Waals surface area contributed by atoms with Crippen LogP contribution in [0.4, 0.5) is 0 Å². The average Bonchev–Trinajstić information content (AvgIpc) is 1.97. The third-order valence-corrected chi connectivity index (χ3v) is 2.12. The first-order valence-electron chi connectivity index (χ1n) is 4.89. The van der Waals surface area contributed by atoms with Crippen molar-refractivity contribution in [3.05, 3.63) is 11.3 Å². The van der Waals surface area contributed by atoms with Crippen molar-refractivity contribution in [3.8, 4) is 0 Å². The lowest BCUT2D eigenvalue weighted by atomic mass is 9.92. The van der Waals surface area contributed by atoms with Gasteiger partial charge in [0, 0.05) is 18.5 Å². The van der Waals surface area contributed by atoms with Gasteiger partial charge in [-0.1, -0.05) is 27.7 Å². The molecular weight excluding hydrogens is 160 g/mol. The van der Waals surface area contributed by atoms with Crippen LogP contribution in [0.25, 0.3) is 0 Å². The lowest BCUT2D eigenvalue weighted by Crippen LogP contribution is -2.20. The molecule has 2 nitrogen and oxygen atoms in total. The van der Waals surface area contributed by atoms with Gasteiger partial charge in [-0.3, -0.25) is 0 Å². The molecule has 0 rings (SSSR count). The minimum atomic E-state index is 0.419. The van der Waals surface area contributed by atoms with Gasteiger partial charge in [0.05, 0.1) is 0 Å². The molecule has 0 bridgehead atoms. The van der Waals surface area contributed by atoms with E-state index >= 15 is 0 Å². The molecule has 0 amide bonds. The molecule has 0 aliphatic carbocycles. The van der Waals surface area contributed by atoms with E-state index in [1.54, 1.807) is 0 Å². The van der Waals surface area contributed by atoms with Crippen molar-refractivity contribution in [2.24, 2.45) is 11.8 Å². The number of hydrogen-bond donors (Lipinski definition) is 2. The maximum Gasteiger partial charge on any atom is 0.0334 e. The van der Waals surface area contributed by atoms with E-state index in [0.717, 1.165) is 5.57 Å². The standard InChI is InChI=1S/C11H22N2/c1-7(2)10(9(5)12)11(13-6)8(3)4/h7-8,12-13H,1-6H3/b11-10-,12-9?. The molecular formula is C11H22N2. The van der Waals surface area contributed by atoms with Gasteiger partial charge in [0.2, 0.25) is 0 Å². The van der Waals surface area contributed by atoms with Crippen LogP contribution in [-0.2, 0) is 0 Å². The zero-order valence-corrected chi connectivity index (χ0v) is 9.65. The number of nitrogens with one attached hydrogen (secondary N) is 2. The third-order valence-electron chi connectivity index (χ3n) is 2.12. The molecule has 0 heterocycles. The van der Waals surface area contributed by atoms with Crippen molar-refractivity contribution < 1.29 is 0 Å². The summed E-state index contributed by atoms with van der Waals surface area (Å²) >= 11 is 0. The van der Waals surface area contributed by atoms with E-state index < -0.39 is 0 Å². The Morgan fingerprint density at radius 3 is 1.62 bits per heavy atom. The molecule has 0 aliphatic heterocycles. The highest BCUT2D eigenvalue weighted by atomic mass is 14.8. The van der Waals surface area contributed by atoms with Crippen LogP contribution in [0.1, 0.15) is 34.6 Å². The monoisotopic (exact) mass is 182 g/mol. The SMILES string of the molecule is CN/C(=C(\C(C)=N)C(C)C)C(C)C. The van der Waals surface area contributed by atoms with Crippen molar-refractivity contribution in [2.75, 3.05) is 7.05 Å². The van der Waals surface area contributed by atoms with E-state index in [2.05, 4.69) is 33.0 Å². The Hall–Kier alpha value is -0.790.